The van der Waals surface area contributed by atoms with Gasteiger partial charge >= 0.3 is 12.1 Å². The Morgan fingerprint density at radius 1 is 1.15 bits per heavy atom. The van der Waals surface area contributed by atoms with Gasteiger partial charge in [0.15, 0.2) is 0 Å². The van der Waals surface area contributed by atoms with Gasteiger partial charge in [0.1, 0.15) is 0 Å². The largest absolute Gasteiger partial charge is 0.465 e. The van der Waals surface area contributed by atoms with E-state index < -0.39 is 17.7 Å². The summed E-state index contributed by atoms with van der Waals surface area (Å²) in [6.07, 6.45) is -4.19. The summed E-state index contributed by atoms with van der Waals surface area (Å²) in [6.45, 7) is 0. The lowest BCUT2D eigenvalue weighted by Gasteiger charge is -2.10. The SMILES string of the molecule is COC(=O)c1ccc(Cl)c(Cc2cc3ccc(C(F)(F)F)cc3[nH]2)c1Cl. The molecule has 0 bridgehead atoms. The summed E-state index contributed by atoms with van der Waals surface area (Å²) in [6, 6.07) is 8.17. The summed E-state index contributed by atoms with van der Waals surface area (Å²) in [5, 5.41) is 1.13. The third kappa shape index (κ3) is 3.52. The van der Waals surface area contributed by atoms with Gasteiger partial charge in [-0.2, -0.15) is 13.2 Å². The summed E-state index contributed by atoms with van der Waals surface area (Å²) >= 11 is 12.5. The van der Waals surface area contributed by atoms with Crippen molar-refractivity contribution >= 4 is 40.1 Å². The van der Waals surface area contributed by atoms with Crippen LogP contribution in [0.25, 0.3) is 10.9 Å². The van der Waals surface area contributed by atoms with E-state index >= 15 is 0 Å². The molecule has 0 atom stereocenters. The van der Waals surface area contributed by atoms with E-state index in [0.29, 0.717) is 27.2 Å². The van der Waals surface area contributed by atoms with Crippen molar-refractivity contribution in [1.82, 2.24) is 4.98 Å². The number of fused-ring (bicyclic) bond motifs is 1. The fourth-order valence-corrected chi connectivity index (χ4v) is 3.26. The number of ether oxygens (including phenoxy) is 1. The molecule has 136 valence electrons. The summed E-state index contributed by atoms with van der Waals surface area (Å²) in [5.41, 5.74) is 0.890. The van der Waals surface area contributed by atoms with Gasteiger partial charge in [-0.3, -0.25) is 0 Å². The Kier molecular flexibility index (Phi) is 4.90. The van der Waals surface area contributed by atoms with Crippen molar-refractivity contribution in [2.75, 3.05) is 7.11 Å². The van der Waals surface area contributed by atoms with Crippen molar-refractivity contribution in [2.24, 2.45) is 0 Å². The molecule has 0 saturated heterocycles. The number of alkyl halides is 3. The summed E-state index contributed by atoms with van der Waals surface area (Å²) < 4.78 is 43.2. The first-order chi connectivity index (χ1) is 12.2. The van der Waals surface area contributed by atoms with Crippen LogP contribution in [0.3, 0.4) is 0 Å². The number of aromatic nitrogens is 1. The van der Waals surface area contributed by atoms with Crippen molar-refractivity contribution in [3.05, 3.63) is 68.8 Å². The van der Waals surface area contributed by atoms with Crippen LogP contribution in [0.4, 0.5) is 13.2 Å². The maximum absolute atomic E-state index is 12.8. The van der Waals surface area contributed by atoms with E-state index in [9.17, 15) is 18.0 Å². The molecule has 0 unspecified atom stereocenters. The van der Waals surface area contributed by atoms with Gasteiger partial charge in [0.05, 0.1) is 23.3 Å². The van der Waals surface area contributed by atoms with E-state index in [-0.39, 0.29) is 17.0 Å². The molecule has 3 rings (SSSR count). The van der Waals surface area contributed by atoms with Crippen molar-refractivity contribution in [2.45, 2.75) is 12.6 Å². The fraction of sp³-hybridized carbons (Fsp3) is 0.167. The van der Waals surface area contributed by atoms with Crippen LogP contribution in [-0.2, 0) is 17.3 Å². The van der Waals surface area contributed by atoms with Gasteiger partial charge in [0.25, 0.3) is 0 Å². The minimum absolute atomic E-state index is 0.152. The summed E-state index contributed by atoms with van der Waals surface area (Å²) in [7, 11) is 1.24. The lowest BCUT2D eigenvalue weighted by molar-refractivity contribution is -0.137. The highest BCUT2D eigenvalue weighted by Crippen LogP contribution is 2.33. The Labute approximate surface area is 156 Å². The van der Waals surface area contributed by atoms with E-state index in [2.05, 4.69) is 9.72 Å². The van der Waals surface area contributed by atoms with E-state index in [1.165, 1.54) is 25.3 Å². The molecular formula is C18H12Cl2F3NO2. The topological polar surface area (TPSA) is 42.1 Å². The van der Waals surface area contributed by atoms with E-state index in [1.54, 1.807) is 6.07 Å². The van der Waals surface area contributed by atoms with Crippen LogP contribution in [0.2, 0.25) is 10.0 Å². The maximum Gasteiger partial charge on any atom is 0.416 e. The fourth-order valence-electron chi connectivity index (χ4n) is 2.68. The molecule has 26 heavy (non-hydrogen) atoms. The molecule has 3 aromatic rings. The lowest BCUT2D eigenvalue weighted by Crippen LogP contribution is -2.04. The number of methoxy groups -OCH3 is 1. The van der Waals surface area contributed by atoms with E-state index in [0.717, 1.165) is 12.1 Å². The van der Waals surface area contributed by atoms with Gasteiger partial charge < -0.3 is 9.72 Å². The molecule has 0 aliphatic carbocycles. The molecule has 2 aromatic carbocycles. The number of rotatable bonds is 3. The molecule has 0 amide bonds. The molecule has 0 spiro atoms. The average molecular weight is 402 g/mol. The Bertz CT molecular complexity index is 996. The number of carbonyl (C=O) groups excluding carboxylic acids is 1. The monoisotopic (exact) mass is 401 g/mol. The summed E-state index contributed by atoms with van der Waals surface area (Å²) in [4.78, 5) is 14.7. The molecule has 0 saturated carbocycles. The van der Waals surface area contributed by atoms with Gasteiger partial charge in [-0.25, -0.2) is 4.79 Å². The smallest absolute Gasteiger partial charge is 0.416 e. The van der Waals surface area contributed by atoms with E-state index in [4.69, 9.17) is 23.2 Å². The standard InChI is InChI=1S/C18H12Cl2F3NO2/c1-26-17(25)12-4-5-14(19)13(16(12)20)8-11-6-9-2-3-10(18(21,22)23)7-15(9)24-11/h2-7,24H,8H2,1H3. The molecular weight excluding hydrogens is 390 g/mol. The van der Waals surface area contributed by atoms with Gasteiger partial charge in [0, 0.05) is 22.7 Å². The predicted octanol–water partition coefficient (Wildman–Crippen LogP) is 5.87. The molecule has 3 nitrogen and oxygen atoms in total. The molecule has 0 aliphatic rings. The summed E-state index contributed by atoms with van der Waals surface area (Å²) in [5.74, 6) is -0.598. The zero-order chi connectivity index (χ0) is 19.1. The quantitative estimate of drug-likeness (QED) is 0.557. The van der Waals surface area contributed by atoms with Crippen LogP contribution < -0.4 is 0 Å². The first kappa shape index (κ1) is 18.6. The highest BCUT2D eigenvalue weighted by Gasteiger charge is 2.30. The highest BCUT2D eigenvalue weighted by atomic mass is 35.5. The zero-order valence-electron chi connectivity index (χ0n) is 13.4. The highest BCUT2D eigenvalue weighted by molar-refractivity contribution is 6.38. The minimum atomic E-state index is -4.42. The number of carbonyl (C=O) groups is 1. The van der Waals surface area contributed by atoms with Crippen LogP contribution >= 0.6 is 23.2 Å². The van der Waals surface area contributed by atoms with Crippen LogP contribution in [0.15, 0.2) is 36.4 Å². The van der Waals surface area contributed by atoms with Crippen molar-refractivity contribution < 1.29 is 22.7 Å². The second-order valence-electron chi connectivity index (χ2n) is 5.65. The number of aromatic amines is 1. The van der Waals surface area contributed by atoms with Gasteiger partial charge in [-0.15, -0.1) is 0 Å². The molecule has 0 aliphatic heterocycles. The number of esters is 1. The molecule has 1 N–H and O–H groups in total. The number of H-pyrrole nitrogens is 1. The van der Waals surface area contributed by atoms with Gasteiger partial charge in [-0.1, -0.05) is 29.3 Å². The maximum atomic E-state index is 12.8. The molecule has 1 aromatic heterocycles. The zero-order valence-corrected chi connectivity index (χ0v) is 14.9. The Morgan fingerprint density at radius 2 is 1.88 bits per heavy atom. The molecule has 0 radical (unpaired) electrons. The van der Waals surface area contributed by atoms with Crippen LogP contribution in [-0.4, -0.2) is 18.1 Å². The normalized spacial score (nSPS) is 11.8. The average Bonchev–Trinajstić information content (AvgIpc) is 2.99. The third-order valence-electron chi connectivity index (χ3n) is 3.96. The minimum Gasteiger partial charge on any atom is -0.465 e. The Morgan fingerprint density at radius 3 is 2.54 bits per heavy atom. The first-order valence-corrected chi connectivity index (χ1v) is 8.20. The van der Waals surface area contributed by atoms with Crippen LogP contribution in [0.1, 0.15) is 27.2 Å². The third-order valence-corrected chi connectivity index (χ3v) is 4.75. The van der Waals surface area contributed by atoms with Crippen molar-refractivity contribution in [3.8, 4) is 0 Å². The number of halogens is 5. The predicted molar refractivity (Wildman–Crippen MR) is 93.9 cm³/mol. The van der Waals surface area contributed by atoms with Crippen LogP contribution in [0.5, 0.6) is 0 Å². The Balaban J connectivity index is 2.00. The number of benzene rings is 2. The van der Waals surface area contributed by atoms with E-state index in [1.807, 2.05) is 0 Å². The number of hydrogen-bond acceptors (Lipinski definition) is 2. The Hall–Kier alpha value is -2.18. The molecule has 8 heteroatoms. The van der Waals surface area contributed by atoms with Gasteiger partial charge in [-0.05, 0) is 41.3 Å². The second kappa shape index (κ2) is 6.85. The number of hydrogen-bond donors (Lipinski definition) is 1. The van der Waals surface area contributed by atoms with Crippen LogP contribution in [0, 0.1) is 0 Å². The van der Waals surface area contributed by atoms with Gasteiger partial charge in [0.2, 0.25) is 0 Å². The first-order valence-electron chi connectivity index (χ1n) is 7.44. The second-order valence-corrected chi connectivity index (χ2v) is 6.44. The lowest BCUT2D eigenvalue weighted by atomic mass is 10.1. The van der Waals surface area contributed by atoms with Crippen molar-refractivity contribution in [3.63, 3.8) is 0 Å². The molecule has 0 fully saturated rings. The van der Waals surface area contributed by atoms with Crippen molar-refractivity contribution in [1.29, 1.82) is 0 Å². The number of nitrogens with one attached hydrogen (secondary N) is 1. The molecule has 1 heterocycles.